The van der Waals surface area contributed by atoms with Crippen molar-refractivity contribution >= 4 is 23.1 Å². The van der Waals surface area contributed by atoms with Gasteiger partial charge in [0.05, 0.1) is 17.8 Å². The third kappa shape index (κ3) is 5.35. The number of hydrogen-bond donors (Lipinski definition) is 2. The summed E-state index contributed by atoms with van der Waals surface area (Å²) in [7, 11) is 1.86. The zero-order chi connectivity index (χ0) is 23.4. The lowest BCUT2D eigenvalue weighted by Gasteiger charge is -2.31. The molecule has 2 heterocycles. The van der Waals surface area contributed by atoms with E-state index in [0.717, 1.165) is 23.5 Å². The van der Waals surface area contributed by atoms with Gasteiger partial charge >= 0.3 is 6.36 Å². The number of anilines is 3. The predicted molar refractivity (Wildman–Crippen MR) is 117 cm³/mol. The van der Waals surface area contributed by atoms with E-state index in [1.807, 2.05) is 30.1 Å². The van der Waals surface area contributed by atoms with Crippen LogP contribution in [0.15, 0.2) is 60.8 Å². The first-order valence-corrected chi connectivity index (χ1v) is 10.1. The topological polar surface area (TPSA) is 75.7 Å². The molecule has 0 unspecified atom stereocenters. The summed E-state index contributed by atoms with van der Waals surface area (Å²) in [6, 6.07) is 14.0. The number of rotatable bonds is 6. The number of nitrogens with zero attached hydrogens (tertiary/aromatic N) is 2. The van der Waals surface area contributed by atoms with Crippen molar-refractivity contribution < 1.29 is 27.4 Å². The third-order valence-electron chi connectivity index (χ3n) is 4.90. The summed E-state index contributed by atoms with van der Waals surface area (Å²) in [6.07, 6.45) is -2.98. The Kier molecular flexibility index (Phi) is 6.36. The van der Waals surface area contributed by atoms with Crippen molar-refractivity contribution in [3.8, 4) is 11.5 Å². The Hall–Kier alpha value is -3.79. The third-order valence-corrected chi connectivity index (χ3v) is 4.90. The number of para-hydroxylation sites is 1. The van der Waals surface area contributed by atoms with Crippen molar-refractivity contribution in [3.05, 3.63) is 71.9 Å². The van der Waals surface area contributed by atoms with Crippen LogP contribution in [-0.2, 0) is 6.54 Å². The molecule has 33 heavy (non-hydrogen) atoms. The predicted octanol–water partition coefficient (Wildman–Crippen LogP) is 4.48. The minimum Gasteiger partial charge on any atom is -0.489 e. The second kappa shape index (κ2) is 9.37. The van der Waals surface area contributed by atoms with Gasteiger partial charge in [-0.3, -0.25) is 4.79 Å². The molecule has 3 aromatic rings. The van der Waals surface area contributed by atoms with Crippen LogP contribution in [0.1, 0.15) is 15.9 Å². The largest absolute Gasteiger partial charge is 0.573 e. The molecular weight excluding hydrogens is 437 g/mol. The van der Waals surface area contributed by atoms with Gasteiger partial charge in [0.25, 0.3) is 5.91 Å². The molecule has 172 valence electrons. The highest BCUT2D eigenvalue weighted by molar-refractivity contribution is 6.07. The van der Waals surface area contributed by atoms with Gasteiger partial charge in [0.1, 0.15) is 18.2 Å². The van der Waals surface area contributed by atoms with E-state index in [1.165, 1.54) is 12.1 Å². The number of carbonyl (C=O) groups is 1. The summed E-state index contributed by atoms with van der Waals surface area (Å²) >= 11 is 0. The van der Waals surface area contributed by atoms with E-state index in [4.69, 9.17) is 4.74 Å². The van der Waals surface area contributed by atoms with Crippen LogP contribution < -0.4 is 25.0 Å². The van der Waals surface area contributed by atoms with E-state index in [0.29, 0.717) is 42.4 Å². The van der Waals surface area contributed by atoms with Gasteiger partial charge < -0.3 is 25.0 Å². The SMILES string of the molecule is CNCc1ccc(N2CCOc3c(C(=O)Nc4ccc(OC(F)(F)F)cc4)cccc32)nc1. The minimum absolute atomic E-state index is 0.305. The van der Waals surface area contributed by atoms with Crippen molar-refractivity contribution in [1.82, 2.24) is 10.3 Å². The van der Waals surface area contributed by atoms with E-state index >= 15 is 0 Å². The van der Waals surface area contributed by atoms with Gasteiger partial charge in [-0.15, -0.1) is 13.2 Å². The van der Waals surface area contributed by atoms with E-state index < -0.39 is 12.3 Å². The molecule has 0 radical (unpaired) electrons. The van der Waals surface area contributed by atoms with Crippen LogP contribution in [0, 0.1) is 0 Å². The highest BCUT2D eigenvalue weighted by atomic mass is 19.4. The summed E-state index contributed by atoms with van der Waals surface area (Å²) < 4.78 is 46.6. The Morgan fingerprint density at radius 3 is 2.61 bits per heavy atom. The van der Waals surface area contributed by atoms with Gasteiger partial charge in [-0.25, -0.2) is 4.98 Å². The number of halogens is 3. The first kappa shape index (κ1) is 22.4. The van der Waals surface area contributed by atoms with Crippen LogP contribution in [0.2, 0.25) is 0 Å². The number of fused-ring (bicyclic) bond motifs is 1. The highest BCUT2D eigenvalue weighted by Crippen LogP contribution is 2.38. The van der Waals surface area contributed by atoms with Gasteiger partial charge in [0, 0.05) is 18.4 Å². The molecule has 0 bridgehead atoms. The molecule has 1 aliphatic rings. The van der Waals surface area contributed by atoms with Crippen LogP contribution in [0.4, 0.5) is 30.4 Å². The number of nitrogens with one attached hydrogen (secondary N) is 2. The standard InChI is InChI=1S/C23H21F3N4O3/c1-27-13-15-5-10-20(28-14-15)30-11-12-32-21-18(3-2-4-19(21)30)22(31)29-16-6-8-17(9-7-16)33-23(24,25)26/h2-10,14,27H,11-13H2,1H3,(H,29,31). The van der Waals surface area contributed by atoms with Crippen molar-refractivity contribution in [2.75, 3.05) is 30.4 Å². The Morgan fingerprint density at radius 1 is 1.15 bits per heavy atom. The Balaban J connectivity index is 1.54. The van der Waals surface area contributed by atoms with Crippen LogP contribution in [0.3, 0.4) is 0 Å². The van der Waals surface area contributed by atoms with Gasteiger partial charge in [-0.2, -0.15) is 0 Å². The number of ether oxygens (including phenoxy) is 2. The number of aromatic nitrogens is 1. The Labute approximate surface area is 188 Å². The molecule has 10 heteroatoms. The molecule has 1 aliphatic heterocycles. The number of pyridine rings is 1. The maximum absolute atomic E-state index is 12.9. The smallest absolute Gasteiger partial charge is 0.489 e. The maximum Gasteiger partial charge on any atom is 0.573 e. The summed E-state index contributed by atoms with van der Waals surface area (Å²) in [6.45, 7) is 1.64. The molecule has 2 aromatic carbocycles. The molecule has 0 atom stereocenters. The molecule has 1 amide bonds. The van der Waals surface area contributed by atoms with Crippen molar-refractivity contribution in [2.24, 2.45) is 0 Å². The lowest BCUT2D eigenvalue weighted by molar-refractivity contribution is -0.274. The molecule has 2 N–H and O–H groups in total. The zero-order valence-corrected chi connectivity index (χ0v) is 17.6. The summed E-state index contributed by atoms with van der Waals surface area (Å²) in [5.41, 5.74) is 2.38. The van der Waals surface area contributed by atoms with E-state index in [9.17, 15) is 18.0 Å². The number of amides is 1. The fourth-order valence-electron chi connectivity index (χ4n) is 3.49. The average Bonchev–Trinajstić information content (AvgIpc) is 2.79. The van der Waals surface area contributed by atoms with E-state index in [1.54, 1.807) is 18.3 Å². The highest BCUT2D eigenvalue weighted by Gasteiger charge is 2.31. The number of benzene rings is 2. The van der Waals surface area contributed by atoms with Crippen LogP contribution in [0.25, 0.3) is 0 Å². The fraction of sp³-hybridized carbons (Fsp3) is 0.217. The van der Waals surface area contributed by atoms with Crippen molar-refractivity contribution in [2.45, 2.75) is 12.9 Å². The number of alkyl halides is 3. The fourth-order valence-corrected chi connectivity index (χ4v) is 3.49. The Bertz CT molecular complexity index is 1120. The summed E-state index contributed by atoms with van der Waals surface area (Å²) in [5, 5.41) is 5.75. The summed E-state index contributed by atoms with van der Waals surface area (Å²) in [5.74, 6) is 0.330. The van der Waals surface area contributed by atoms with Crippen molar-refractivity contribution in [1.29, 1.82) is 0 Å². The number of hydrogen-bond acceptors (Lipinski definition) is 6. The van der Waals surface area contributed by atoms with Gasteiger partial charge in [0.15, 0.2) is 5.75 Å². The zero-order valence-electron chi connectivity index (χ0n) is 17.6. The molecular formula is C23H21F3N4O3. The normalized spacial score (nSPS) is 13.2. The van der Waals surface area contributed by atoms with Crippen molar-refractivity contribution in [3.63, 3.8) is 0 Å². The summed E-state index contributed by atoms with van der Waals surface area (Å²) in [4.78, 5) is 19.4. The monoisotopic (exact) mass is 458 g/mol. The molecule has 0 spiro atoms. The molecule has 4 rings (SSSR count). The first-order chi connectivity index (χ1) is 15.8. The van der Waals surface area contributed by atoms with Crippen LogP contribution in [-0.4, -0.2) is 37.5 Å². The van der Waals surface area contributed by atoms with Gasteiger partial charge in [-0.05, 0) is 55.1 Å². The van der Waals surface area contributed by atoms with E-state index in [-0.39, 0.29) is 5.75 Å². The number of carbonyl (C=O) groups excluding carboxylic acids is 1. The quantitative estimate of drug-likeness (QED) is 0.567. The minimum atomic E-state index is -4.78. The lowest BCUT2D eigenvalue weighted by Crippen LogP contribution is -2.30. The molecule has 0 fully saturated rings. The second-order valence-corrected chi connectivity index (χ2v) is 7.24. The molecule has 0 saturated heterocycles. The maximum atomic E-state index is 12.9. The molecule has 0 saturated carbocycles. The van der Waals surface area contributed by atoms with Gasteiger partial charge in [-0.1, -0.05) is 12.1 Å². The average molecular weight is 458 g/mol. The van der Waals surface area contributed by atoms with Crippen LogP contribution in [0.5, 0.6) is 11.5 Å². The first-order valence-electron chi connectivity index (χ1n) is 10.1. The lowest BCUT2D eigenvalue weighted by atomic mass is 10.1. The molecule has 7 nitrogen and oxygen atoms in total. The van der Waals surface area contributed by atoms with E-state index in [2.05, 4.69) is 20.4 Å². The molecule has 1 aromatic heterocycles. The molecule has 0 aliphatic carbocycles. The Morgan fingerprint density at radius 2 is 1.94 bits per heavy atom. The van der Waals surface area contributed by atoms with Crippen LogP contribution >= 0.6 is 0 Å². The second-order valence-electron chi connectivity index (χ2n) is 7.24. The van der Waals surface area contributed by atoms with Gasteiger partial charge in [0.2, 0.25) is 0 Å².